The number of hydrogen-bond acceptors (Lipinski definition) is 4. The molecule has 0 N–H and O–H groups in total. The Labute approximate surface area is 168 Å². The summed E-state index contributed by atoms with van der Waals surface area (Å²) in [4.78, 5) is 12.8. The van der Waals surface area contributed by atoms with Crippen molar-refractivity contribution in [3.8, 4) is 0 Å². The van der Waals surface area contributed by atoms with Crippen LogP contribution in [0.4, 0.5) is 0 Å². The molecule has 0 aliphatic heterocycles. The lowest BCUT2D eigenvalue weighted by molar-refractivity contribution is 0.0994. The van der Waals surface area contributed by atoms with Gasteiger partial charge in [-0.1, -0.05) is 53.7 Å². The van der Waals surface area contributed by atoms with Crippen LogP contribution in [0.15, 0.2) is 59.8 Å². The molecule has 2 aromatic carbocycles. The molecule has 6 heteroatoms. The number of aromatic nitrogens is 3. The topological polar surface area (TPSA) is 47.8 Å². The predicted molar refractivity (Wildman–Crippen MR) is 109 cm³/mol. The van der Waals surface area contributed by atoms with Gasteiger partial charge in [0.15, 0.2) is 10.9 Å². The minimum Gasteiger partial charge on any atom is -0.301 e. The van der Waals surface area contributed by atoms with Crippen LogP contribution in [0.1, 0.15) is 47.4 Å². The molecule has 1 aromatic heterocycles. The molecule has 4 nitrogen and oxygen atoms in total. The first kappa shape index (κ1) is 18.3. The highest BCUT2D eigenvalue weighted by molar-refractivity contribution is 8.00. The Morgan fingerprint density at radius 1 is 1.15 bits per heavy atom. The smallest absolute Gasteiger partial charge is 0.192 e. The van der Waals surface area contributed by atoms with E-state index in [1.165, 1.54) is 17.3 Å². The average molecular weight is 398 g/mol. The van der Waals surface area contributed by atoms with Gasteiger partial charge in [-0.05, 0) is 49.6 Å². The third kappa shape index (κ3) is 4.25. The summed E-state index contributed by atoms with van der Waals surface area (Å²) in [5.41, 5.74) is 1.87. The van der Waals surface area contributed by atoms with E-state index < -0.39 is 0 Å². The van der Waals surface area contributed by atoms with Crippen molar-refractivity contribution in [1.29, 1.82) is 0 Å². The molecule has 0 amide bonds. The molecule has 4 rings (SSSR count). The third-order valence-electron chi connectivity index (χ3n) is 4.65. The second-order valence-electron chi connectivity index (χ2n) is 6.82. The molecule has 0 saturated heterocycles. The van der Waals surface area contributed by atoms with Crippen LogP contribution >= 0.6 is 23.4 Å². The van der Waals surface area contributed by atoms with Gasteiger partial charge in [0.05, 0.1) is 11.8 Å². The number of hydrogen-bond donors (Lipinski definition) is 0. The fourth-order valence-corrected chi connectivity index (χ4v) is 4.06. The van der Waals surface area contributed by atoms with Crippen molar-refractivity contribution in [1.82, 2.24) is 14.8 Å². The SMILES string of the molecule is C[C@H](Sc1nnc(C2CC2)n1Cc1ccccc1)C(=O)c1ccc(Cl)cc1. The van der Waals surface area contributed by atoms with E-state index >= 15 is 0 Å². The number of carbonyl (C=O) groups is 1. The first-order valence-corrected chi connectivity index (χ1v) is 10.3. The lowest BCUT2D eigenvalue weighted by atomic mass is 10.1. The molecule has 0 spiro atoms. The summed E-state index contributed by atoms with van der Waals surface area (Å²) in [7, 11) is 0. The maximum absolute atomic E-state index is 12.8. The molecular weight excluding hydrogens is 378 g/mol. The normalized spacial score (nSPS) is 14.9. The first-order chi connectivity index (χ1) is 13.1. The number of ketones is 1. The lowest BCUT2D eigenvalue weighted by Gasteiger charge is -2.13. The summed E-state index contributed by atoms with van der Waals surface area (Å²) < 4.78 is 2.17. The van der Waals surface area contributed by atoms with Crippen LogP contribution < -0.4 is 0 Å². The second-order valence-corrected chi connectivity index (χ2v) is 8.56. The second kappa shape index (κ2) is 7.87. The molecule has 138 valence electrons. The molecule has 27 heavy (non-hydrogen) atoms. The van der Waals surface area contributed by atoms with Crippen LogP contribution in [-0.2, 0) is 6.54 Å². The summed E-state index contributed by atoms with van der Waals surface area (Å²) >= 11 is 7.39. The van der Waals surface area contributed by atoms with Crippen molar-refractivity contribution >= 4 is 29.1 Å². The van der Waals surface area contributed by atoms with Crippen molar-refractivity contribution < 1.29 is 4.79 Å². The molecule has 1 aliphatic rings. The quantitative estimate of drug-likeness (QED) is 0.405. The van der Waals surface area contributed by atoms with Gasteiger partial charge < -0.3 is 4.57 Å². The summed E-state index contributed by atoms with van der Waals surface area (Å²) in [6.45, 7) is 2.64. The molecule has 0 radical (unpaired) electrons. The van der Waals surface area contributed by atoms with Crippen LogP contribution in [0.25, 0.3) is 0 Å². The highest BCUT2D eigenvalue weighted by Crippen LogP contribution is 2.40. The average Bonchev–Trinajstić information content (AvgIpc) is 3.46. The van der Waals surface area contributed by atoms with Crippen molar-refractivity contribution in [2.45, 2.75) is 42.6 Å². The molecule has 0 bridgehead atoms. The van der Waals surface area contributed by atoms with Gasteiger partial charge in [-0.2, -0.15) is 0 Å². The van der Waals surface area contributed by atoms with Crippen LogP contribution in [0.5, 0.6) is 0 Å². The van der Waals surface area contributed by atoms with E-state index in [1.54, 1.807) is 24.3 Å². The van der Waals surface area contributed by atoms with Gasteiger partial charge in [-0.25, -0.2) is 0 Å². The standard InChI is InChI=1S/C21H20ClN3OS/c1-14(19(26)16-9-11-18(22)12-10-16)27-21-24-23-20(17-7-8-17)25(21)13-15-5-3-2-4-6-15/h2-6,9-12,14,17H,7-8,13H2,1H3/t14-/m0/s1. The van der Waals surface area contributed by atoms with Gasteiger partial charge in [0.2, 0.25) is 0 Å². The molecule has 1 heterocycles. The molecule has 1 saturated carbocycles. The maximum Gasteiger partial charge on any atom is 0.192 e. The summed E-state index contributed by atoms with van der Waals surface area (Å²) in [5, 5.41) is 10.0. The predicted octanol–water partition coefficient (Wildman–Crippen LogP) is 5.22. The summed E-state index contributed by atoms with van der Waals surface area (Å²) in [6.07, 6.45) is 2.33. The van der Waals surface area contributed by atoms with Gasteiger partial charge in [-0.15, -0.1) is 10.2 Å². The minimum atomic E-state index is -0.253. The van der Waals surface area contributed by atoms with Gasteiger partial charge in [-0.3, -0.25) is 4.79 Å². The number of thioether (sulfide) groups is 1. The van der Waals surface area contributed by atoms with E-state index in [0.717, 1.165) is 30.4 Å². The summed E-state index contributed by atoms with van der Waals surface area (Å²) in [6, 6.07) is 17.3. The van der Waals surface area contributed by atoms with Crippen molar-refractivity contribution in [2.75, 3.05) is 0 Å². The highest BCUT2D eigenvalue weighted by atomic mass is 35.5. The van der Waals surface area contributed by atoms with Crippen molar-refractivity contribution in [3.63, 3.8) is 0 Å². The Morgan fingerprint density at radius 2 is 1.85 bits per heavy atom. The third-order valence-corrected chi connectivity index (χ3v) is 5.98. The zero-order chi connectivity index (χ0) is 18.8. The molecule has 1 atom stereocenters. The van der Waals surface area contributed by atoms with E-state index in [9.17, 15) is 4.79 Å². The largest absolute Gasteiger partial charge is 0.301 e. The molecule has 1 aliphatic carbocycles. The Kier molecular flexibility index (Phi) is 5.32. The van der Waals surface area contributed by atoms with Crippen LogP contribution in [0, 0.1) is 0 Å². The Hall–Kier alpha value is -2.11. The maximum atomic E-state index is 12.8. The Bertz CT molecular complexity index is 936. The molecule has 3 aromatic rings. The molecule has 1 fully saturated rings. The zero-order valence-corrected chi connectivity index (χ0v) is 16.6. The number of rotatable bonds is 7. The number of halogens is 1. The van der Waals surface area contributed by atoms with Gasteiger partial charge in [0, 0.05) is 16.5 Å². The number of carbonyl (C=O) groups excluding carboxylic acids is 1. The van der Waals surface area contributed by atoms with Gasteiger partial charge >= 0.3 is 0 Å². The fourth-order valence-electron chi connectivity index (χ4n) is 3.01. The first-order valence-electron chi connectivity index (χ1n) is 9.05. The van der Waals surface area contributed by atoms with E-state index in [2.05, 4.69) is 26.9 Å². The zero-order valence-electron chi connectivity index (χ0n) is 15.0. The number of Topliss-reactive ketones (excluding diaryl/α,β-unsaturated/α-hetero) is 1. The number of benzene rings is 2. The number of nitrogens with zero attached hydrogens (tertiary/aromatic N) is 3. The van der Waals surface area contributed by atoms with E-state index in [1.807, 2.05) is 25.1 Å². The van der Waals surface area contributed by atoms with Gasteiger partial charge in [0.1, 0.15) is 5.82 Å². The van der Waals surface area contributed by atoms with Crippen LogP contribution in [0.3, 0.4) is 0 Å². The fraction of sp³-hybridized carbons (Fsp3) is 0.286. The lowest BCUT2D eigenvalue weighted by Crippen LogP contribution is -2.15. The van der Waals surface area contributed by atoms with E-state index in [0.29, 0.717) is 16.5 Å². The monoisotopic (exact) mass is 397 g/mol. The minimum absolute atomic E-state index is 0.0684. The van der Waals surface area contributed by atoms with Gasteiger partial charge in [0.25, 0.3) is 0 Å². The van der Waals surface area contributed by atoms with E-state index in [-0.39, 0.29) is 11.0 Å². The van der Waals surface area contributed by atoms with E-state index in [4.69, 9.17) is 11.6 Å². The van der Waals surface area contributed by atoms with Crippen molar-refractivity contribution in [2.24, 2.45) is 0 Å². The highest BCUT2D eigenvalue weighted by Gasteiger charge is 2.31. The van der Waals surface area contributed by atoms with Crippen LogP contribution in [-0.4, -0.2) is 25.8 Å². The van der Waals surface area contributed by atoms with Crippen LogP contribution in [0.2, 0.25) is 5.02 Å². The Morgan fingerprint density at radius 3 is 2.52 bits per heavy atom. The molecule has 0 unspecified atom stereocenters. The molecular formula is C21H20ClN3OS. The summed E-state index contributed by atoms with van der Waals surface area (Å²) in [5.74, 6) is 1.60. The van der Waals surface area contributed by atoms with Crippen molar-refractivity contribution in [3.05, 3.63) is 76.6 Å². The Balaban J connectivity index is 1.56.